The van der Waals surface area contributed by atoms with Gasteiger partial charge in [-0.15, -0.1) is 0 Å². The SMILES string of the molecule is CCC(C)C(=O)N(CC)CC.CCCCN(CCCC)C(=O)C(C)(C)CC.CCCCN(CCCC)C(=O)C(C)CC.CCCN(CCC)C(=O)C(C)(C)CC.CCCN(CCC)C(=O)C(C)CC.CCN(CC)C(=O)C(C)(C)CC. The summed E-state index contributed by atoms with van der Waals surface area (Å²) in [5.41, 5.74) is -0.572. The molecular formula is C69H144N6O6. The van der Waals surface area contributed by atoms with Crippen LogP contribution in [0.5, 0.6) is 0 Å². The van der Waals surface area contributed by atoms with Crippen molar-refractivity contribution in [3.8, 4) is 0 Å². The van der Waals surface area contributed by atoms with Crippen molar-refractivity contribution in [2.75, 3.05) is 78.5 Å². The highest BCUT2D eigenvalue weighted by Gasteiger charge is 2.31. The summed E-state index contributed by atoms with van der Waals surface area (Å²) in [5.74, 6) is 2.45. The van der Waals surface area contributed by atoms with Crippen LogP contribution >= 0.6 is 0 Å². The molecule has 3 unspecified atom stereocenters. The van der Waals surface area contributed by atoms with Crippen molar-refractivity contribution in [1.82, 2.24) is 29.4 Å². The van der Waals surface area contributed by atoms with Crippen LogP contribution in [0.3, 0.4) is 0 Å². The lowest BCUT2D eigenvalue weighted by Crippen LogP contribution is -2.41. The lowest BCUT2D eigenvalue weighted by atomic mass is 9.88. The molecule has 0 aliphatic rings. The Hall–Kier alpha value is -3.18. The fraction of sp³-hybridized carbons (Fsp3) is 0.913. The number of carbonyl (C=O) groups excluding carboxylic acids is 6. The van der Waals surface area contributed by atoms with E-state index in [1.807, 2.05) is 103 Å². The predicted octanol–water partition coefficient (Wildman–Crippen LogP) is 17.3. The summed E-state index contributed by atoms with van der Waals surface area (Å²) in [4.78, 5) is 83.4. The summed E-state index contributed by atoms with van der Waals surface area (Å²) < 4.78 is 0. The molecule has 0 saturated carbocycles. The highest BCUT2D eigenvalue weighted by molar-refractivity contribution is 5.83. The molecule has 12 nitrogen and oxygen atoms in total. The average molecular weight is 1150 g/mol. The van der Waals surface area contributed by atoms with E-state index in [2.05, 4.69) is 114 Å². The largest absolute Gasteiger partial charge is 0.343 e. The Kier molecular flexibility index (Phi) is 60.2. The summed E-state index contributed by atoms with van der Waals surface area (Å²) in [6.07, 6.45) is 18.9. The van der Waals surface area contributed by atoms with Crippen LogP contribution in [0, 0.1) is 34.0 Å². The van der Waals surface area contributed by atoms with Gasteiger partial charge in [0.05, 0.1) is 0 Å². The summed E-state index contributed by atoms with van der Waals surface area (Å²) in [7, 11) is 0. The molecule has 0 spiro atoms. The van der Waals surface area contributed by atoms with Crippen LogP contribution in [-0.2, 0) is 28.8 Å². The van der Waals surface area contributed by atoms with Gasteiger partial charge in [-0.1, -0.05) is 185 Å². The third-order valence-corrected chi connectivity index (χ3v) is 15.9. The highest BCUT2D eigenvalue weighted by Crippen LogP contribution is 2.25. The minimum Gasteiger partial charge on any atom is -0.343 e. The number of unbranched alkanes of at least 4 members (excludes halogenated alkanes) is 4. The molecule has 0 aliphatic carbocycles. The molecule has 81 heavy (non-hydrogen) atoms. The molecule has 0 aromatic heterocycles. The zero-order valence-electron chi connectivity index (χ0n) is 59.6. The standard InChI is InChI=1S/C14H29NO.C13H27NO.C12H25NO.C11H23NO.C10H21NO.C9H19NO/c1-6-9-11-15(12-10-7-2)13(16)14(4,5)8-3;1-5-8-10-14(11-9-6-2)13(15)12(4)7-3;1-6-9-13(10-7-2)11(14)12(4,5)8-3;1-5-8-12(9-6-2)11(13)10(4)7-3;1-6-10(4,5)9(12)11(7-2)8-3;1-5-8(4)9(11)10(6-2)7-3/h6-12H2,1-5H3;12H,5-11H2,1-4H3;6-10H2,1-5H3;10H,5-9H2,1-4H3;6-8H2,1-5H3;8H,5-7H2,1-4H3. The number of hydrogen-bond donors (Lipinski definition) is 0. The summed E-state index contributed by atoms with van der Waals surface area (Å²) in [5, 5.41) is 0. The Labute approximate surface area is 506 Å². The van der Waals surface area contributed by atoms with E-state index >= 15 is 0 Å². The molecule has 0 aromatic rings. The minimum absolute atomic E-state index is 0.188. The van der Waals surface area contributed by atoms with Gasteiger partial charge in [-0.2, -0.15) is 0 Å². The van der Waals surface area contributed by atoms with Crippen molar-refractivity contribution in [3.63, 3.8) is 0 Å². The second-order valence-corrected chi connectivity index (χ2v) is 24.3. The number of carbonyl (C=O) groups is 6. The van der Waals surface area contributed by atoms with Gasteiger partial charge in [0, 0.05) is 113 Å². The first-order chi connectivity index (χ1) is 38.0. The third-order valence-electron chi connectivity index (χ3n) is 15.9. The molecule has 0 heterocycles. The molecule has 6 amide bonds. The van der Waals surface area contributed by atoms with Gasteiger partial charge in [-0.3, -0.25) is 28.8 Å². The van der Waals surface area contributed by atoms with E-state index in [1.165, 1.54) is 0 Å². The predicted molar refractivity (Wildman–Crippen MR) is 354 cm³/mol. The average Bonchev–Trinajstić information content (AvgIpc) is 3.46. The fourth-order valence-electron chi connectivity index (χ4n) is 8.01. The maximum Gasteiger partial charge on any atom is 0.228 e. The van der Waals surface area contributed by atoms with Crippen molar-refractivity contribution in [2.24, 2.45) is 34.0 Å². The van der Waals surface area contributed by atoms with E-state index in [1.54, 1.807) is 0 Å². The molecule has 0 aliphatic heterocycles. The molecule has 3 atom stereocenters. The van der Waals surface area contributed by atoms with E-state index in [9.17, 15) is 28.8 Å². The maximum atomic E-state index is 12.3. The second-order valence-electron chi connectivity index (χ2n) is 24.3. The van der Waals surface area contributed by atoms with Crippen molar-refractivity contribution in [2.45, 2.75) is 303 Å². The van der Waals surface area contributed by atoms with E-state index in [4.69, 9.17) is 0 Å². The first-order valence-electron chi connectivity index (χ1n) is 33.7. The summed E-state index contributed by atoms with van der Waals surface area (Å²) >= 11 is 0. The lowest BCUT2D eigenvalue weighted by Gasteiger charge is -2.31. The molecule has 0 fully saturated rings. The second kappa shape index (κ2) is 54.7. The topological polar surface area (TPSA) is 122 Å². The van der Waals surface area contributed by atoms with Gasteiger partial charge in [-0.25, -0.2) is 0 Å². The molecule has 0 saturated heterocycles. The normalized spacial score (nSPS) is 12.0. The molecule has 0 rings (SSSR count). The van der Waals surface area contributed by atoms with Crippen molar-refractivity contribution in [3.05, 3.63) is 0 Å². The quantitative estimate of drug-likeness (QED) is 0.0616. The van der Waals surface area contributed by atoms with E-state index < -0.39 is 0 Å². The van der Waals surface area contributed by atoms with Gasteiger partial charge in [0.1, 0.15) is 0 Å². The van der Waals surface area contributed by atoms with Crippen LogP contribution in [0.25, 0.3) is 0 Å². The zero-order chi connectivity index (χ0) is 64.4. The smallest absolute Gasteiger partial charge is 0.228 e. The van der Waals surface area contributed by atoms with Gasteiger partial charge in [-0.05, 0) is 118 Å². The van der Waals surface area contributed by atoms with Gasteiger partial charge in [0.25, 0.3) is 0 Å². The summed E-state index contributed by atoms with van der Waals surface area (Å²) in [6.45, 7) is 66.6. The van der Waals surface area contributed by atoms with Crippen molar-refractivity contribution >= 4 is 35.4 Å². The molecule has 0 radical (unpaired) electrons. The maximum absolute atomic E-state index is 12.3. The Bertz CT molecular complexity index is 1500. The van der Waals surface area contributed by atoms with Crippen LogP contribution in [0.2, 0.25) is 0 Å². The number of nitrogens with zero attached hydrogens (tertiary/aromatic N) is 6. The first kappa shape index (κ1) is 89.0. The Morgan fingerprint density at radius 2 is 0.469 bits per heavy atom. The van der Waals surface area contributed by atoms with Crippen LogP contribution in [0.4, 0.5) is 0 Å². The molecular weight excluding hydrogens is 1010 g/mol. The Morgan fingerprint density at radius 1 is 0.272 bits per heavy atom. The van der Waals surface area contributed by atoms with Gasteiger partial charge >= 0.3 is 0 Å². The molecule has 0 aromatic carbocycles. The van der Waals surface area contributed by atoms with Crippen molar-refractivity contribution < 1.29 is 28.8 Å². The van der Waals surface area contributed by atoms with Crippen LogP contribution in [-0.4, -0.2) is 143 Å². The highest BCUT2D eigenvalue weighted by atomic mass is 16.2. The van der Waals surface area contributed by atoms with Crippen LogP contribution < -0.4 is 0 Å². The van der Waals surface area contributed by atoms with E-state index in [0.29, 0.717) is 23.6 Å². The minimum atomic E-state index is -0.193. The zero-order valence-corrected chi connectivity index (χ0v) is 59.6. The number of hydrogen-bond acceptors (Lipinski definition) is 6. The van der Waals surface area contributed by atoms with Gasteiger partial charge in [0.15, 0.2) is 0 Å². The van der Waals surface area contributed by atoms with Gasteiger partial charge in [0.2, 0.25) is 35.4 Å². The fourth-order valence-corrected chi connectivity index (χ4v) is 8.01. The first-order valence-corrected chi connectivity index (χ1v) is 33.7. The molecule has 12 heteroatoms. The molecule has 0 bridgehead atoms. The molecule has 486 valence electrons. The third kappa shape index (κ3) is 41.5. The van der Waals surface area contributed by atoms with E-state index in [-0.39, 0.29) is 45.8 Å². The Balaban J connectivity index is -0.000000209. The number of amides is 6. The number of rotatable bonds is 36. The van der Waals surface area contributed by atoms with Crippen molar-refractivity contribution in [1.29, 1.82) is 0 Å². The van der Waals surface area contributed by atoms with E-state index in [0.717, 1.165) is 194 Å². The van der Waals surface area contributed by atoms with Gasteiger partial charge < -0.3 is 29.4 Å². The lowest BCUT2D eigenvalue weighted by molar-refractivity contribution is -0.141. The molecule has 0 N–H and O–H groups in total. The summed E-state index contributed by atoms with van der Waals surface area (Å²) in [6, 6.07) is 0. The van der Waals surface area contributed by atoms with Crippen LogP contribution in [0.1, 0.15) is 303 Å². The van der Waals surface area contributed by atoms with Crippen LogP contribution in [0.15, 0.2) is 0 Å². The monoisotopic (exact) mass is 1150 g/mol. The Morgan fingerprint density at radius 3 is 0.679 bits per heavy atom.